The average Bonchev–Trinajstić information content (AvgIpc) is 2.41. The van der Waals surface area contributed by atoms with Crippen molar-refractivity contribution in [3.05, 3.63) is 34.9 Å². The van der Waals surface area contributed by atoms with E-state index in [0.717, 1.165) is 0 Å². The number of ketones is 1. The molecule has 1 aromatic carbocycles. The zero-order valence-electron chi connectivity index (χ0n) is 11.2. The average molecular weight is 297 g/mol. The first-order valence-electron chi connectivity index (χ1n) is 6.29. The van der Waals surface area contributed by atoms with E-state index in [1.165, 1.54) is 6.92 Å². The second-order valence-electron chi connectivity index (χ2n) is 4.24. The fourth-order valence-electron chi connectivity index (χ4n) is 1.58. The van der Waals surface area contributed by atoms with Crippen LogP contribution in [0.1, 0.15) is 30.1 Å². The lowest BCUT2D eigenvalue weighted by atomic mass is 10.1. The molecule has 0 bridgehead atoms. The van der Waals surface area contributed by atoms with Crippen molar-refractivity contribution in [1.82, 2.24) is 10.6 Å². The predicted molar refractivity (Wildman–Crippen MR) is 76.7 cm³/mol. The highest BCUT2D eigenvalue weighted by Gasteiger charge is 2.11. The Bertz CT molecular complexity index is 503. The summed E-state index contributed by atoms with van der Waals surface area (Å²) in [7, 11) is 0. The molecule has 0 saturated heterocycles. The lowest BCUT2D eigenvalue weighted by Gasteiger charge is -2.06. The largest absolute Gasteiger partial charge is 0.355 e. The monoisotopic (exact) mass is 296 g/mol. The Hall–Kier alpha value is -1.88. The number of Topliss-reactive ketones (excluding diaryl/α,β-unsaturated/α-hetero) is 1. The minimum absolute atomic E-state index is 0.101. The molecule has 2 N–H and O–H groups in total. The molecule has 0 radical (unpaired) electrons. The summed E-state index contributed by atoms with van der Waals surface area (Å²) in [4.78, 5) is 34.0. The first-order chi connectivity index (χ1) is 9.50. The molecule has 0 heterocycles. The molecule has 0 unspecified atom stereocenters. The van der Waals surface area contributed by atoms with Crippen LogP contribution in [0.2, 0.25) is 5.02 Å². The van der Waals surface area contributed by atoms with E-state index in [2.05, 4.69) is 10.6 Å². The highest BCUT2D eigenvalue weighted by atomic mass is 35.5. The van der Waals surface area contributed by atoms with Gasteiger partial charge in [-0.05, 0) is 12.1 Å². The number of halogens is 1. The zero-order valence-corrected chi connectivity index (χ0v) is 12.0. The molecule has 6 heteroatoms. The molecule has 0 aliphatic rings. The van der Waals surface area contributed by atoms with Crippen LogP contribution in [0.4, 0.5) is 0 Å². The fraction of sp³-hybridized carbons (Fsp3) is 0.357. The molecule has 1 rings (SSSR count). The van der Waals surface area contributed by atoms with E-state index < -0.39 is 0 Å². The maximum Gasteiger partial charge on any atom is 0.220 e. The second-order valence-corrected chi connectivity index (χ2v) is 4.64. The molecular weight excluding hydrogens is 280 g/mol. The van der Waals surface area contributed by atoms with Gasteiger partial charge in [0.05, 0.1) is 5.02 Å². The van der Waals surface area contributed by atoms with Crippen LogP contribution >= 0.6 is 11.6 Å². The highest BCUT2D eigenvalue weighted by Crippen LogP contribution is 2.17. The van der Waals surface area contributed by atoms with Crippen molar-refractivity contribution in [2.75, 3.05) is 13.1 Å². The third-order valence-electron chi connectivity index (χ3n) is 2.57. The van der Waals surface area contributed by atoms with Gasteiger partial charge < -0.3 is 10.6 Å². The van der Waals surface area contributed by atoms with Gasteiger partial charge in [0, 0.05) is 38.4 Å². The molecule has 0 spiro atoms. The van der Waals surface area contributed by atoms with Crippen LogP contribution in [0, 0.1) is 0 Å². The molecule has 20 heavy (non-hydrogen) atoms. The van der Waals surface area contributed by atoms with Gasteiger partial charge in [-0.25, -0.2) is 0 Å². The number of amides is 2. The molecular formula is C14H17ClN2O3. The SMILES string of the molecule is CC(=O)NCCNC(=O)CCC(=O)c1ccccc1Cl. The Morgan fingerprint density at radius 3 is 2.35 bits per heavy atom. The van der Waals surface area contributed by atoms with E-state index >= 15 is 0 Å². The van der Waals surface area contributed by atoms with Gasteiger partial charge in [0.1, 0.15) is 0 Å². The summed E-state index contributed by atoms with van der Waals surface area (Å²) >= 11 is 5.90. The lowest BCUT2D eigenvalue weighted by molar-refractivity contribution is -0.122. The minimum atomic E-state index is -0.226. The standard InChI is InChI=1S/C14H17ClN2O3/c1-10(18)16-8-9-17-14(20)7-6-13(19)11-4-2-3-5-12(11)15/h2-5H,6-9H2,1H3,(H,16,18)(H,17,20). The van der Waals surface area contributed by atoms with Gasteiger partial charge in [0.2, 0.25) is 11.8 Å². The number of rotatable bonds is 7. The summed E-state index contributed by atoms with van der Waals surface area (Å²) in [6.45, 7) is 2.13. The number of carbonyl (C=O) groups is 3. The summed E-state index contributed by atoms with van der Waals surface area (Å²) in [6, 6.07) is 6.75. The van der Waals surface area contributed by atoms with E-state index in [1.807, 2.05) is 0 Å². The van der Waals surface area contributed by atoms with E-state index in [9.17, 15) is 14.4 Å². The van der Waals surface area contributed by atoms with E-state index in [1.54, 1.807) is 24.3 Å². The third-order valence-corrected chi connectivity index (χ3v) is 2.90. The van der Waals surface area contributed by atoms with Crippen molar-refractivity contribution in [1.29, 1.82) is 0 Å². The summed E-state index contributed by atoms with van der Waals surface area (Å²) in [5.41, 5.74) is 0.431. The number of hydrogen-bond donors (Lipinski definition) is 2. The van der Waals surface area contributed by atoms with Gasteiger partial charge >= 0.3 is 0 Å². The van der Waals surface area contributed by atoms with Crippen LogP contribution in [0.3, 0.4) is 0 Å². The molecule has 0 saturated carbocycles. The number of carbonyl (C=O) groups excluding carboxylic acids is 3. The Morgan fingerprint density at radius 1 is 1.05 bits per heavy atom. The second kappa shape index (κ2) is 8.32. The Morgan fingerprint density at radius 2 is 1.70 bits per heavy atom. The highest BCUT2D eigenvalue weighted by molar-refractivity contribution is 6.34. The van der Waals surface area contributed by atoms with Crippen LogP contribution in [0.5, 0.6) is 0 Å². The maximum atomic E-state index is 11.9. The van der Waals surface area contributed by atoms with Crippen molar-refractivity contribution in [2.45, 2.75) is 19.8 Å². The third kappa shape index (κ3) is 5.84. The smallest absolute Gasteiger partial charge is 0.220 e. The summed E-state index contributed by atoms with van der Waals surface area (Å²) < 4.78 is 0. The summed E-state index contributed by atoms with van der Waals surface area (Å²) in [5.74, 6) is -0.531. The van der Waals surface area contributed by atoms with Gasteiger partial charge in [-0.3, -0.25) is 14.4 Å². The number of nitrogens with one attached hydrogen (secondary N) is 2. The molecule has 0 fully saturated rings. The Labute approximate surface area is 122 Å². The molecule has 0 aliphatic heterocycles. The van der Waals surface area contributed by atoms with E-state index in [0.29, 0.717) is 23.7 Å². The van der Waals surface area contributed by atoms with Crippen molar-refractivity contribution in [3.8, 4) is 0 Å². The predicted octanol–water partition coefficient (Wildman–Crippen LogP) is 1.56. The molecule has 2 amide bonds. The van der Waals surface area contributed by atoms with E-state index in [4.69, 9.17) is 11.6 Å². The molecule has 0 aromatic heterocycles. The van der Waals surface area contributed by atoms with Crippen LogP contribution < -0.4 is 10.6 Å². The minimum Gasteiger partial charge on any atom is -0.355 e. The normalized spacial score (nSPS) is 9.90. The van der Waals surface area contributed by atoms with Crippen molar-refractivity contribution in [2.24, 2.45) is 0 Å². The van der Waals surface area contributed by atoms with Crippen LogP contribution in [-0.4, -0.2) is 30.7 Å². The molecule has 108 valence electrons. The summed E-state index contributed by atoms with van der Waals surface area (Å²) in [6.07, 6.45) is 0.208. The van der Waals surface area contributed by atoms with Crippen LogP contribution in [-0.2, 0) is 9.59 Å². The Balaban J connectivity index is 2.29. The van der Waals surface area contributed by atoms with Crippen molar-refractivity contribution >= 4 is 29.2 Å². The zero-order chi connectivity index (χ0) is 15.0. The first kappa shape index (κ1) is 16.2. The number of benzene rings is 1. The molecule has 5 nitrogen and oxygen atoms in total. The van der Waals surface area contributed by atoms with Gasteiger partial charge in [-0.1, -0.05) is 23.7 Å². The summed E-state index contributed by atoms with van der Waals surface area (Å²) in [5, 5.41) is 5.57. The van der Waals surface area contributed by atoms with Crippen LogP contribution in [0.15, 0.2) is 24.3 Å². The molecule has 0 aliphatic carbocycles. The Kier molecular flexibility index (Phi) is 6.73. The quantitative estimate of drug-likeness (QED) is 0.592. The van der Waals surface area contributed by atoms with Crippen molar-refractivity contribution < 1.29 is 14.4 Å². The van der Waals surface area contributed by atoms with Crippen molar-refractivity contribution in [3.63, 3.8) is 0 Å². The maximum absolute atomic E-state index is 11.9. The first-order valence-corrected chi connectivity index (χ1v) is 6.67. The van der Waals surface area contributed by atoms with Gasteiger partial charge in [-0.15, -0.1) is 0 Å². The number of hydrogen-bond acceptors (Lipinski definition) is 3. The van der Waals surface area contributed by atoms with Crippen LogP contribution in [0.25, 0.3) is 0 Å². The van der Waals surface area contributed by atoms with Gasteiger partial charge in [-0.2, -0.15) is 0 Å². The topological polar surface area (TPSA) is 75.3 Å². The fourth-order valence-corrected chi connectivity index (χ4v) is 1.82. The lowest BCUT2D eigenvalue weighted by Crippen LogP contribution is -2.33. The molecule has 1 aromatic rings. The van der Waals surface area contributed by atoms with E-state index in [-0.39, 0.29) is 30.4 Å². The van der Waals surface area contributed by atoms with Gasteiger partial charge in [0.25, 0.3) is 0 Å². The van der Waals surface area contributed by atoms with Gasteiger partial charge in [0.15, 0.2) is 5.78 Å². The molecule has 0 atom stereocenters.